The summed E-state index contributed by atoms with van der Waals surface area (Å²) >= 11 is 1.52. The van der Waals surface area contributed by atoms with Gasteiger partial charge in [0.25, 0.3) is 0 Å². The first-order valence-corrected chi connectivity index (χ1v) is 8.00. The van der Waals surface area contributed by atoms with E-state index in [1.54, 1.807) is 20.1 Å². The Morgan fingerprint density at radius 3 is 2.68 bits per heavy atom. The molecule has 0 fully saturated rings. The van der Waals surface area contributed by atoms with E-state index in [1.165, 1.54) is 11.3 Å². The molecule has 4 nitrogen and oxygen atoms in total. The smallest absolute Gasteiger partial charge is 0.202 e. The second kappa shape index (κ2) is 5.57. The van der Waals surface area contributed by atoms with Gasteiger partial charge in [-0.15, -0.1) is 11.3 Å². The van der Waals surface area contributed by atoms with E-state index < -0.39 is 0 Å². The van der Waals surface area contributed by atoms with Gasteiger partial charge in [-0.25, -0.2) is 4.98 Å². The van der Waals surface area contributed by atoms with E-state index in [4.69, 9.17) is 9.15 Å². The maximum atomic E-state index is 12.9. The van der Waals surface area contributed by atoms with Crippen molar-refractivity contribution in [3.63, 3.8) is 0 Å². The molecule has 0 unspecified atom stereocenters. The molecule has 22 heavy (non-hydrogen) atoms. The summed E-state index contributed by atoms with van der Waals surface area (Å²) in [5.41, 5.74) is 2.73. The Hall–Kier alpha value is -2.14. The molecule has 3 aromatic rings. The normalized spacial score (nSPS) is 11.1. The van der Waals surface area contributed by atoms with Gasteiger partial charge in [-0.3, -0.25) is 4.79 Å². The van der Waals surface area contributed by atoms with E-state index >= 15 is 0 Å². The number of hydrogen-bond acceptors (Lipinski definition) is 5. The molecule has 0 atom stereocenters. The van der Waals surface area contributed by atoms with Crippen molar-refractivity contribution in [3.05, 3.63) is 44.1 Å². The number of ether oxygens (including phenoxy) is 1. The second-order valence-electron chi connectivity index (χ2n) is 5.13. The van der Waals surface area contributed by atoms with Crippen LogP contribution < -0.4 is 10.2 Å². The minimum absolute atomic E-state index is 0.0404. The quantitative estimate of drug-likeness (QED) is 0.730. The summed E-state index contributed by atoms with van der Waals surface area (Å²) in [6, 6.07) is 3.65. The monoisotopic (exact) mass is 315 g/mol. The van der Waals surface area contributed by atoms with Gasteiger partial charge in [-0.05, 0) is 31.9 Å². The van der Waals surface area contributed by atoms with Gasteiger partial charge in [-0.1, -0.05) is 6.92 Å². The third kappa shape index (κ3) is 2.31. The lowest BCUT2D eigenvalue weighted by molar-refractivity contribution is 0.409. The Morgan fingerprint density at radius 2 is 2.09 bits per heavy atom. The summed E-state index contributed by atoms with van der Waals surface area (Å²) in [4.78, 5) is 17.3. The Kier molecular flexibility index (Phi) is 3.74. The van der Waals surface area contributed by atoms with E-state index in [9.17, 15) is 4.79 Å². The number of rotatable bonds is 3. The highest BCUT2D eigenvalue weighted by Gasteiger charge is 2.17. The average molecular weight is 315 g/mol. The molecule has 0 aliphatic carbocycles. The van der Waals surface area contributed by atoms with Gasteiger partial charge in [0.1, 0.15) is 17.1 Å². The van der Waals surface area contributed by atoms with Crippen molar-refractivity contribution in [3.8, 4) is 17.0 Å². The van der Waals surface area contributed by atoms with Gasteiger partial charge in [0.05, 0.1) is 28.8 Å². The molecule has 2 aromatic heterocycles. The second-order valence-corrected chi connectivity index (χ2v) is 6.19. The third-order valence-corrected chi connectivity index (χ3v) is 4.50. The maximum Gasteiger partial charge on any atom is 0.202 e. The minimum atomic E-state index is -0.0404. The zero-order chi connectivity index (χ0) is 15.9. The molecule has 0 saturated heterocycles. The van der Waals surface area contributed by atoms with Crippen LogP contribution in [0.1, 0.15) is 23.3 Å². The zero-order valence-corrected chi connectivity index (χ0v) is 13.8. The molecule has 0 amide bonds. The van der Waals surface area contributed by atoms with E-state index in [2.05, 4.69) is 4.98 Å². The van der Waals surface area contributed by atoms with Crippen LogP contribution in [0.2, 0.25) is 0 Å². The van der Waals surface area contributed by atoms with Crippen LogP contribution in [-0.2, 0) is 6.42 Å². The van der Waals surface area contributed by atoms with Crippen molar-refractivity contribution >= 4 is 22.3 Å². The molecule has 0 bridgehead atoms. The van der Waals surface area contributed by atoms with Crippen LogP contribution >= 0.6 is 11.3 Å². The van der Waals surface area contributed by atoms with Crippen molar-refractivity contribution in [2.45, 2.75) is 27.2 Å². The molecule has 0 aliphatic heterocycles. The molecule has 114 valence electrons. The molecule has 0 N–H and O–H groups in total. The number of thiazole rings is 1. The van der Waals surface area contributed by atoms with Crippen LogP contribution in [0.4, 0.5) is 0 Å². The van der Waals surface area contributed by atoms with Gasteiger partial charge >= 0.3 is 0 Å². The highest BCUT2D eigenvalue weighted by atomic mass is 32.1. The standard InChI is InChI=1S/C17H17NO3S/c1-5-11-6-12-15(7-14(11)20-4)21-9(2)16(17(12)19)13-8-22-10(3)18-13/h6-8H,5H2,1-4H3. The zero-order valence-electron chi connectivity index (χ0n) is 13.0. The molecular formula is C17H17NO3S. The fourth-order valence-electron chi connectivity index (χ4n) is 2.62. The molecule has 0 radical (unpaired) electrons. The fourth-order valence-corrected chi connectivity index (χ4v) is 3.22. The summed E-state index contributed by atoms with van der Waals surface area (Å²) in [5.74, 6) is 1.32. The van der Waals surface area contributed by atoms with Crippen molar-refractivity contribution in [1.29, 1.82) is 0 Å². The van der Waals surface area contributed by atoms with Crippen molar-refractivity contribution < 1.29 is 9.15 Å². The van der Waals surface area contributed by atoms with Gasteiger partial charge in [-0.2, -0.15) is 0 Å². The topological polar surface area (TPSA) is 52.3 Å². The van der Waals surface area contributed by atoms with E-state index in [-0.39, 0.29) is 5.43 Å². The minimum Gasteiger partial charge on any atom is -0.496 e. The van der Waals surface area contributed by atoms with Crippen molar-refractivity contribution in [2.75, 3.05) is 7.11 Å². The van der Waals surface area contributed by atoms with Gasteiger partial charge in [0.2, 0.25) is 5.43 Å². The summed E-state index contributed by atoms with van der Waals surface area (Å²) in [6.07, 6.45) is 0.789. The van der Waals surface area contributed by atoms with Crippen LogP contribution in [0.25, 0.3) is 22.2 Å². The lowest BCUT2D eigenvalue weighted by atomic mass is 10.0. The first-order valence-electron chi connectivity index (χ1n) is 7.12. The van der Waals surface area contributed by atoms with Crippen LogP contribution in [-0.4, -0.2) is 12.1 Å². The number of aryl methyl sites for hydroxylation is 3. The molecule has 0 spiro atoms. The van der Waals surface area contributed by atoms with E-state index in [0.29, 0.717) is 28.0 Å². The summed E-state index contributed by atoms with van der Waals surface area (Å²) in [7, 11) is 1.62. The SMILES string of the molecule is CCc1cc2c(=O)c(-c3csc(C)n3)c(C)oc2cc1OC. The van der Waals surface area contributed by atoms with Crippen molar-refractivity contribution in [2.24, 2.45) is 0 Å². The van der Waals surface area contributed by atoms with Gasteiger partial charge in [0, 0.05) is 11.4 Å². The lowest BCUT2D eigenvalue weighted by Crippen LogP contribution is -2.08. The predicted octanol–water partition coefficient (Wildman–Crippen LogP) is 4.10. The Labute approximate surface area is 132 Å². The molecule has 5 heteroatoms. The lowest BCUT2D eigenvalue weighted by Gasteiger charge is -2.10. The van der Waals surface area contributed by atoms with E-state index in [1.807, 2.05) is 25.3 Å². The molecule has 1 aromatic carbocycles. The maximum absolute atomic E-state index is 12.9. The molecule has 0 aliphatic rings. The fraction of sp³-hybridized carbons (Fsp3) is 0.294. The number of fused-ring (bicyclic) bond motifs is 1. The number of benzene rings is 1. The van der Waals surface area contributed by atoms with Crippen LogP contribution in [0.3, 0.4) is 0 Å². The molecular weight excluding hydrogens is 298 g/mol. The van der Waals surface area contributed by atoms with Crippen LogP contribution in [0, 0.1) is 13.8 Å². The van der Waals surface area contributed by atoms with Gasteiger partial charge < -0.3 is 9.15 Å². The molecule has 3 rings (SSSR count). The predicted molar refractivity (Wildman–Crippen MR) is 89.0 cm³/mol. The Morgan fingerprint density at radius 1 is 1.32 bits per heavy atom. The number of methoxy groups -OCH3 is 1. The molecule has 2 heterocycles. The average Bonchev–Trinajstić information content (AvgIpc) is 2.92. The third-order valence-electron chi connectivity index (χ3n) is 3.73. The van der Waals surface area contributed by atoms with Crippen LogP contribution in [0.5, 0.6) is 5.75 Å². The van der Waals surface area contributed by atoms with Gasteiger partial charge in [0.15, 0.2) is 0 Å². The first-order chi connectivity index (χ1) is 10.5. The highest BCUT2D eigenvalue weighted by Crippen LogP contribution is 2.29. The largest absolute Gasteiger partial charge is 0.496 e. The Balaban J connectivity index is 2.35. The molecule has 0 saturated carbocycles. The Bertz CT molecular complexity index is 908. The highest BCUT2D eigenvalue weighted by molar-refractivity contribution is 7.09. The first kappa shape index (κ1) is 14.8. The summed E-state index contributed by atoms with van der Waals surface area (Å²) in [5, 5.41) is 3.40. The van der Waals surface area contributed by atoms with Crippen molar-refractivity contribution in [1.82, 2.24) is 4.98 Å². The van der Waals surface area contributed by atoms with E-state index in [0.717, 1.165) is 22.7 Å². The number of aromatic nitrogens is 1. The summed E-state index contributed by atoms with van der Waals surface area (Å²) < 4.78 is 11.2. The number of hydrogen-bond donors (Lipinski definition) is 0. The van der Waals surface area contributed by atoms with Crippen LogP contribution in [0.15, 0.2) is 26.7 Å². The number of nitrogens with zero attached hydrogens (tertiary/aromatic N) is 1. The summed E-state index contributed by atoms with van der Waals surface area (Å²) in [6.45, 7) is 5.75.